The van der Waals surface area contributed by atoms with E-state index in [9.17, 15) is 9.59 Å². The van der Waals surface area contributed by atoms with Gasteiger partial charge in [0.25, 0.3) is 0 Å². The second-order valence-corrected chi connectivity index (χ2v) is 10.2. The highest BCUT2D eigenvalue weighted by Gasteiger charge is 2.45. The van der Waals surface area contributed by atoms with Crippen LogP contribution in [0.2, 0.25) is 5.02 Å². The summed E-state index contributed by atoms with van der Waals surface area (Å²) in [5.41, 5.74) is 3.03. The molecule has 2 aliphatic rings. The molecule has 31 heavy (non-hydrogen) atoms. The number of carbonyl (C=O) groups is 2. The molecule has 3 atom stereocenters. The van der Waals surface area contributed by atoms with Crippen molar-refractivity contribution in [3.8, 4) is 5.75 Å². The Balaban J connectivity index is 1.75. The highest BCUT2D eigenvalue weighted by Crippen LogP contribution is 2.38. The van der Waals surface area contributed by atoms with Gasteiger partial charge in [0.1, 0.15) is 23.4 Å². The van der Waals surface area contributed by atoms with Crippen LogP contribution in [0.1, 0.15) is 52.4 Å². The number of Topliss-reactive ketones (excluding diaryl/α,β-unsaturated/α-hetero) is 2. The summed E-state index contributed by atoms with van der Waals surface area (Å²) in [5, 5.41) is 0.630. The van der Waals surface area contributed by atoms with Crippen LogP contribution in [-0.2, 0) is 14.4 Å². The molecule has 1 heterocycles. The third-order valence-corrected chi connectivity index (χ3v) is 7.76. The molecule has 0 aromatic heterocycles. The van der Waals surface area contributed by atoms with Crippen molar-refractivity contribution < 1.29 is 19.2 Å². The van der Waals surface area contributed by atoms with Crippen molar-refractivity contribution in [2.75, 3.05) is 18.1 Å². The number of carbonyl (C=O) groups excluding carboxylic acids is 2. The van der Waals surface area contributed by atoms with E-state index in [1.807, 2.05) is 25.6 Å². The van der Waals surface area contributed by atoms with Crippen molar-refractivity contribution in [3.63, 3.8) is 0 Å². The zero-order chi connectivity index (χ0) is 22.2. The zero-order valence-corrected chi connectivity index (χ0v) is 20.1. The largest absolute Gasteiger partial charge is 0.489 e. The molecule has 1 N–H and O–H groups in total. The maximum absolute atomic E-state index is 13.3. The third kappa shape index (κ3) is 6.70. The van der Waals surface area contributed by atoms with Crippen LogP contribution in [0.4, 0.5) is 0 Å². The van der Waals surface area contributed by atoms with Gasteiger partial charge in [-0.3, -0.25) is 9.59 Å². The summed E-state index contributed by atoms with van der Waals surface area (Å²) in [6, 6.07) is 6.62. The Morgan fingerprint density at radius 3 is 2.42 bits per heavy atom. The Hall–Kier alpha value is -1.08. The number of ketones is 2. The number of halogens is 1. The normalized spacial score (nSPS) is 26.5. The molecule has 1 aliphatic heterocycles. The van der Waals surface area contributed by atoms with E-state index in [4.69, 9.17) is 21.2 Å². The van der Waals surface area contributed by atoms with Crippen molar-refractivity contribution in [2.45, 2.75) is 64.5 Å². The summed E-state index contributed by atoms with van der Waals surface area (Å²) >= 11 is 7.93. The molecule has 3 unspecified atom stereocenters. The van der Waals surface area contributed by atoms with Gasteiger partial charge in [0, 0.05) is 17.9 Å². The van der Waals surface area contributed by atoms with Gasteiger partial charge in [-0.2, -0.15) is 17.2 Å². The van der Waals surface area contributed by atoms with Crippen LogP contribution in [-0.4, -0.2) is 41.8 Å². The standard InChI is InChI=1S/C24H34ClNO4S/c1-3-11-29-26-24(22(4-2)30-19-9-7-18(25)8-10-19)23-20(27)13-17(14-21(23)28)16-6-5-12-31-15-16/h7-10,16-17,22-24,26H,3-6,11-15H2,1-2H3. The van der Waals surface area contributed by atoms with Crippen LogP contribution >= 0.6 is 23.4 Å². The zero-order valence-electron chi connectivity index (χ0n) is 18.5. The number of ether oxygens (including phenoxy) is 1. The molecule has 172 valence electrons. The lowest BCUT2D eigenvalue weighted by atomic mass is 9.70. The number of hydrogen-bond donors (Lipinski definition) is 1. The van der Waals surface area contributed by atoms with Gasteiger partial charge in [-0.15, -0.1) is 0 Å². The molecule has 1 aromatic rings. The first kappa shape index (κ1) is 24.6. The van der Waals surface area contributed by atoms with E-state index in [1.54, 1.807) is 24.3 Å². The maximum atomic E-state index is 13.3. The van der Waals surface area contributed by atoms with Gasteiger partial charge in [-0.1, -0.05) is 25.4 Å². The van der Waals surface area contributed by atoms with Crippen LogP contribution in [0, 0.1) is 17.8 Å². The Bertz CT molecular complexity index is 705. The number of thioether (sulfide) groups is 1. The molecule has 3 rings (SSSR count). The fourth-order valence-electron chi connectivity index (χ4n) is 4.61. The van der Waals surface area contributed by atoms with Gasteiger partial charge in [-0.25, -0.2) is 0 Å². The monoisotopic (exact) mass is 467 g/mol. The number of hydroxylamine groups is 1. The molecule has 1 aromatic carbocycles. The minimum absolute atomic E-state index is 0.0209. The van der Waals surface area contributed by atoms with Crippen molar-refractivity contribution in [1.82, 2.24) is 5.48 Å². The third-order valence-electron chi connectivity index (χ3n) is 6.27. The molecule has 7 heteroatoms. The predicted molar refractivity (Wildman–Crippen MR) is 126 cm³/mol. The number of hydrogen-bond acceptors (Lipinski definition) is 6. The first-order valence-corrected chi connectivity index (χ1v) is 13.0. The van der Waals surface area contributed by atoms with Gasteiger partial charge in [-0.05, 0) is 73.3 Å². The van der Waals surface area contributed by atoms with Crippen molar-refractivity contribution >= 4 is 34.9 Å². The van der Waals surface area contributed by atoms with E-state index in [2.05, 4.69) is 5.48 Å². The lowest BCUT2D eigenvalue weighted by Crippen LogP contribution is -2.55. The minimum atomic E-state index is -0.735. The highest BCUT2D eigenvalue weighted by atomic mass is 35.5. The van der Waals surface area contributed by atoms with Crippen LogP contribution in [0.25, 0.3) is 0 Å². The first-order chi connectivity index (χ1) is 15.0. The SMILES string of the molecule is CCCONC(C(CC)Oc1ccc(Cl)cc1)C1C(=O)CC(C2CCCSC2)CC1=O. The van der Waals surface area contributed by atoms with E-state index in [-0.39, 0.29) is 23.6 Å². The average molecular weight is 468 g/mol. The van der Waals surface area contributed by atoms with Gasteiger partial charge in [0.2, 0.25) is 0 Å². The molecule has 0 amide bonds. The average Bonchev–Trinajstić information content (AvgIpc) is 2.78. The molecule has 5 nitrogen and oxygen atoms in total. The van der Waals surface area contributed by atoms with Crippen molar-refractivity contribution in [2.24, 2.45) is 17.8 Å². The van der Waals surface area contributed by atoms with Crippen LogP contribution in [0.5, 0.6) is 5.75 Å². The summed E-state index contributed by atoms with van der Waals surface area (Å²) in [6.07, 6.45) is 4.35. The molecule has 0 radical (unpaired) electrons. The maximum Gasteiger partial charge on any atom is 0.145 e. The second-order valence-electron chi connectivity index (χ2n) is 8.57. The summed E-state index contributed by atoms with van der Waals surface area (Å²) in [5.74, 6) is 2.87. The van der Waals surface area contributed by atoms with Crippen molar-refractivity contribution in [1.29, 1.82) is 0 Å². The van der Waals surface area contributed by atoms with Crippen LogP contribution in [0.15, 0.2) is 24.3 Å². The Morgan fingerprint density at radius 2 is 1.84 bits per heavy atom. The van der Waals surface area contributed by atoms with Gasteiger partial charge in [0.15, 0.2) is 0 Å². The smallest absolute Gasteiger partial charge is 0.145 e. The fourth-order valence-corrected chi connectivity index (χ4v) is 6.01. The summed E-state index contributed by atoms with van der Waals surface area (Å²) < 4.78 is 6.20. The topological polar surface area (TPSA) is 64.6 Å². The van der Waals surface area contributed by atoms with E-state index in [0.29, 0.717) is 42.6 Å². The number of nitrogens with one attached hydrogen (secondary N) is 1. The molecule has 2 fully saturated rings. The van der Waals surface area contributed by atoms with E-state index in [0.717, 1.165) is 18.6 Å². The van der Waals surface area contributed by atoms with Gasteiger partial charge < -0.3 is 9.57 Å². The molecule has 0 spiro atoms. The number of rotatable bonds is 10. The predicted octanol–water partition coefficient (Wildman–Crippen LogP) is 5.10. The quantitative estimate of drug-likeness (QED) is 0.293. The molecule has 0 bridgehead atoms. The summed E-state index contributed by atoms with van der Waals surface area (Å²) in [6.45, 7) is 4.52. The molecule has 1 saturated heterocycles. The Kier molecular flexibility index (Phi) is 9.70. The lowest BCUT2D eigenvalue weighted by molar-refractivity contribution is -0.144. The minimum Gasteiger partial charge on any atom is -0.489 e. The Morgan fingerprint density at radius 1 is 1.13 bits per heavy atom. The molecular weight excluding hydrogens is 434 g/mol. The second kappa shape index (κ2) is 12.2. The molecular formula is C24H34ClNO4S. The summed E-state index contributed by atoms with van der Waals surface area (Å²) in [7, 11) is 0. The van der Waals surface area contributed by atoms with E-state index in [1.165, 1.54) is 12.2 Å². The fraction of sp³-hybridized carbons (Fsp3) is 0.667. The van der Waals surface area contributed by atoms with Crippen LogP contribution in [0.3, 0.4) is 0 Å². The van der Waals surface area contributed by atoms with Crippen LogP contribution < -0.4 is 10.2 Å². The lowest BCUT2D eigenvalue weighted by Gasteiger charge is -2.38. The first-order valence-electron chi connectivity index (χ1n) is 11.5. The Labute approximate surface area is 194 Å². The van der Waals surface area contributed by atoms with E-state index < -0.39 is 12.0 Å². The molecule has 1 aliphatic carbocycles. The highest BCUT2D eigenvalue weighted by molar-refractivity contribution is 7.99. The number of benzene rings is 1. The van der Waals surface area contributed by atoms with Crippen molar-refractivity contribution in [3.05, 3.63) is 29.3 Å². The van der Waals surface area contributed by atoms with Gasteiger partial charge in [0.05, 0.1) is 18.6 Å². The molecule has 1 saturated carbocycles. The van der Waals surface area contributed by atoms with E-state index >= 15 is 0 Å². The van der Waals surface area contributed by atoms with Gasteiger partial charge >= 0.3 is 0 Å². The summed E-state index contributed by atoms with van der Waals surface area (Å²) in [4.78, 5) is 32.1.